The maximum Gasteiger partial charge on any atom is 0.341 e. The highest BCUT2D eigenvalue weighted by molar-refractivity contribution is 6.30. The average Bonchev–Trinajstić information content (AvgIpc) is 2.56. The number of para-hydroxylation sites is 1. The van der Waals surface area contributed by atoms with Crippen molar-refractivity contribution < 1.29 is 14.7 Å². The summed E-state index contributed by atoms with van der Waals surface area (Å²) in [5, 5.41) is 10.3. The summed E-state index contributed by atoms with van der Waals surface area (Å²) in [5.74, 6) is -1.86. The molecule has 0 saturated carbocycles. The second-order valence-electron chi connectivity index (χ2n) is 5.26. The van der Waals surface area contributed by atoms with E-state index in [-0.39, 0.29) is 6.42 Å². The van der Waals surface area contributed by atoms with Crippen LogP contribution in [0.2, 0.25) is 5.02 Å². The second-order valence-corrected chi connectivity index (χ2v) is 5.70. The minimum Gasteiger partial charge on any atom is -0.477 e. The fraction of sp³-hybridized carbons (Fsp3) is 0.0556. The Hall–Kier alpha value is -2.92. The van der Waals surface area contributed by atoms with Crippen molar-refractivity contribution in [3.8, 4) is 0 Å². The van der Waals surface area contributed by atoms with Crippen LogP contribution in [0.25, 0.3) is 10.9 Å². The van der Waals surface area contributed by atoms with Crippen LogP contribution in [0.1, 0.15) is 20.7 Å². The molecule has 5 nitrogen and oxygen atoms in total. The summed E-state index contributed by atoms with van der Waals surface area (Å²) < 4.78 is 0.924. The number of hydrogen-bond donors (Lipinski definition) is 1. The standard InChI is InChI=1S/C18H12ClNO4/c19-13-7-5-11(6-8-13)9-16(21)20-15-4-2-1-3-12(15)10-14(17(20)22)18(23)24/h1-8,10H,9H2,(H,23,24). The molecule has 24 heavy (non-hydrogen) atoms. The smallest absolute Gasteiger partial charge is 0.341 e. The number of aromatic carboxylic acids is 1. The zero-order valence-electron chi connectivity index (χ0n) is 12.4. The quantitative estimate of drug-likeness (QED) is 0.793. The summed E-state index contributed by atoms with van der Waals surface area (Å²) in [4.78, 5) is 36.4. The Morgan fingerprint density at radius 2 is 1.71 bits per heavy atom. The second kappa shape index (κ2) is 6.29. The Morgan fingerprint density at radius 3 is 2.38 bits per heavy atom. The predicted molar refractivity (Wildman–Crippen MR) is 90.9 cm³/mol. The number of hydrogen-bond acceptors (Lipinski definition) is 3. The van der Waals surface area contributed by atoms with E-state index >= 15 is 0 Å². The van der Waals surface area contributed by atoms with Crippen molar-refractivity contribution in [2.45, 2.75) is 6.42 Å². The van der Waals surface area contributed by atoms with Crippen molar-refractivity contribution in [3.05, 3.63) is 81.1 Å². The minimum atomic E-state index is -1.36. The van der Waals surface area contributed by atoms with Crippen molar-refractivity contribution in [1.82, 2.24) is 4.57 Å². The third kappa shape index (κ3) is 2.94. The maximum absolute atomic E-state index is 12.6. The number of rotatable bonds is 3. The van der Waals surface area contributed by atoms with Gasteiger partial charge in [0.05, 0.1) is 11.9 Å². The Kier molecular flexibility index (Phi) is 4.18. The number of fused-ring (bicyclic) bond motifs is 1. The number of nitrogens with zero attached hydrogens (tertiary/aromatic N) is 1. The fourth-order valence-electron chi connectivity index (χ4n) is 2.52. The van der Waals surface area contributed by atoms with Gasteiger partial charge in [-0.3, -0.25) is 9.59 Å². The Bertz CT molecular complexity index is 1010. The van der Waals surface area contributed by atoms with Gasteiger partial charge in [0.25, 0.3) is 5.56 Å². The molecule has 120 valence electrons. The molecule has 0 bridgehead atoms. The molecule has 1 heterocycles. The number of halogens is 1. The first-order valence-corrected chi connectivity index (χ1v) is 7.51. The highest BCUT2D eigenvalue weighted by atomic mass is 35.5. The SMILES string of the molecule is O=C(O)c1cc2ccccc2n(C(=O)Cc2ccc(Cl)cc2)c1=O. The Morgan fingerprint density at radius 1 is 1.04 bits per heavy atom. The van der Waals surface area contributed by atoms with Crippen LogP contribution in [-0.4, -0.2) is 21.6 Å². The lowest BCUT2D eigenvalue weighted by Crippen LogP contribution is -2.32. The van der Waals surface area contributed by atoms with Gasteiger partial charge in [-0.15, -0.1) is 0 Å². The summed E-state index contributed by atoms with van der Waals surface area (Å²) >= 11 is 5.82. The molecule has 0 fully saturated rings. The van der Waals surface area contributed by atoms with Gasteiger partial charge in [0.1, 0.15) is 5.56 Å². The molecule has 0 spiro atoms. The molecule has 3 rings (SSSR count). The molecule has 2 aromatic carbocycles. The summed E-state index contributed by atoms with van der Waals surface area (Å²) in [6, 6.07) is 14.6. The lowest BCUT2D eigenvalue weighted by molar-refractivity contribution is 0.0694. The zero-order chi connectivity index (χ0) is 17.3. The number of benzene rings is 2. The number of pyridine rings is 1. The molecule has 0 radical (unpaired) electrons. The van der Waals surface area contributed by atoms with E-state index in [0.29, 0.717) is 21.5 Å². The van der Waals surface area contributed by atoms with Gasteiger partial charge in [0.15, 0.2) is 0 Å². The average molecular weight is 342 g/mol. The molecule has 6 heteroatoms. The molecule has 0 amide bonds. The van der Waals surface area contributed by atoms with E-state index in [1.54, 1.807) is 48.5 Å². The highest BCUT2D eigenvalue weighted by Crippen LogP contribution is 2.15. The third-order valence-corrected chi connectivity index (χ3v) is 3.91. The maximum atomic E-state index is 12.6. The fourth-order valence-corrected chi connectivity index (χ4v) is 2.64. The van der Waals surface area contributed by atoms with Crippen LogP contribution >= 0.6 is 11.6 Å². The highest BCUT2D eigenvalue weighted by Gasteiger charge is 2.18. The van der Waals surface area contributed by atoms with Crippen LogP contribution in [0, 0.1) is 0 Å². The van der Waals surface area contributed by atoms with E-state index < -0.39 is 23.0 Å². The van der Waals surface area contributed by atoms with E-state index in [1.165, 1.54) is 6.07 Å². The van der Waals surface area contributed by atoms with Crippen molar-refractivity contribution in [2.75, 3.05) is 0 Å². The minimum absolute atomic E-state index is 0.0376. The van der Waals surface area contributed by atoms with Gasteiger partial charge in [0.2, 0.25) is 5.91 Å². The van der Waals surface area contributed by atoms with E-state index in [9.17, 15) is 19.5 Å². The van der Waals surface area contributed by atoms with Gasteiger partial charge >= 0.3 is 5.97 Å². The molecule has 3 aromatic rings. The van der Waals surface area contributed by atoms with E-state index in [0.717, 1.165) is 4.57 Å². The molecular formula is C18H12ClNO4. The molecule has 1 N–H and O–H groups in total. The Balaban J connectivity index is 2.15. The summed E-state index contributed by atoms with van der Waals surface area (Å²) in [7, 11) is 0. The van der Waals surface area contributed by atoms with Crippen LogP contribution in [0.3, 0.4) is 0 Å². The number of carboxylic acid groups (broad SMARTS) is 1. The van der Waals surface area contributed by atoms with E-state index in [2.05, 4.69) is 0 Å². The molecule has 1 aromatic heterocycles. The largest absolute Gasteiger partial charge is 0.477 e. The summed E-state index contributed by atoms with van der Waals surface area (Å²) in [5.41, 5.74) is -0.203. The van der Waals surface area contributed by atoms with Gasteiger partial charge in [-0.1, -0.05) is 41.9 Å². The number of carboxylic acids is 1. The number of carbonyl (C=O) groups excluding carboxylic acids is 1. The van der Waals surface area contributed by atoms with Crippen molar-refractivity contribution in [1.29, 1.82) is 0 Å². The molecule has 0 aliphatic carbocycles. The normalized spacial score (nSPS) is 10.7. The zero-order valence-corrected chi connectivity index (χ0v) is 13.2. The monoisotopic (exact) mass is 341 g/mol. The van der Waals surface area contributed by atoms with Crippen LogP contribution in [0.5, 0.6) is 0 Å². The van der Waals surface area contributed by atoms with Gasteiger partial charge in [-0.05, 0) is 35.2 Å². The molecule has 0 saturated heterocycles. The van der Waals surface area contributed by atoms with Gasteiger partial charge in [-0.2, -0.15) is 0 Å². The summed E-state index contributed by atoms with van der Waals surface area (Å²) in [6.45, 7) is 0. The summed E-state index contributed by atoms with van der Waals surface area (Å²) in [6.07, 6.45) is -0.0376. The van der Waals surface area contributed by atoms with Crippen LogP contribution in [-0.2, 0) is 6.42 Å². The topological polar surface area (TPSA) is 76.4 Å². The predicted octanol–water partition coefficient (Wildman–Crippen LogP) is 3.24. The third-order valence-electron chi connectivity index (χ3n) is 3.66. The molecular weight excluding hydrogens is 330 g/mol. The van der Waals surface area contributed by atoms with Gasteiger partial charge in [0, 0.05) is 5.02 Å². The lowest BCUT2D eigenvalue weighted by atomic mass is 10.1. The number of aromatic nitrogens is 1. The van der Waals surface area contributed by atoms with Gasteiger partial charge < -0.3 is 5.11 Å². The molecule has 0 aliphatic heterocycles. The Labute approximate surface area is 141 Å². The molecule has 0 atom stereocenters. The molecule has 0 aliphatic rings. The van der Waals surface area contributed by atoms with Crippen LogP contribution < -0.4 is 5.56 Å². The van der Waals surface area contributed by atoms with Crippen LogP contribution in [0.4, 0.5) is 0 Å². The molecule has 0 unspecified atom stereocenters. The van der Waals surface area contributed by atoms with Crippen LogP contribution in [0.15, 0.2) is 59.4 Å². The van der Waals surface area contributed by atoms with Gasteiger partial charge in [-0.25, -0.2) is 9.36 Å². The number of carbonyl (C=O) groups is 2. The first-order chi connectivity index (χ1) is 11.5. The van der Waals surface area contributed by atoms with E-state index in [4.69, 9.17) is 11.6 Å². The van der Waals surface area contributed by atoms with Crippen molar-refractivity contribution in [2.24, 2.45) is 0 Å². The van der Waals surface area contributed by atoms with E-state index in [1.807, 2.05) is 0 Å². The van der Waals surface area contributed by atoms with Crippen molar-refractivity contribution in [3.63, 3.8) is 0 Å². The van der Waals surface area contributed by atoms with Crippen molar-refractivity contribution >= 4 is 34.4 Å². The first-order valence-electron chi connectivity index (χ1n) is 7.13. The first kappa shape index (κ1) is 16.0. The lowest BCUT2D eigenvalue weighted by Gasteiger charge is -2.10.